The van der Waals surface area contributed by atoms with E-state index < -0.39 is 0 Å². The second-order valence-electron chi connectivity index (χ2n) is 9.96. The number of hydrogen-bond donors (Lipinski definition) is 0. The van der Waals surface area contributed by atoms with E-state index >= 15 is 0 Å². The summed E-state index contributed by atoms with van der Waals surface area (Å²) in [6.07, 6.45) is 19.3. The molecule has 0 aromatic carbocycles. The molecule has 0 spiro atoms. The van der Waals surface area contributed by atoms with Crippen molar-refractivity contribution in [2.45, 2.75) is 118 Å². The average molecular weight is 335 g/mol. The van der Waals surface area contributed by atoms with Crippen molar-refractivity contribution in [1.82, 2.24) is 0 Å². The summed E-state index contributed by atoms with van der Waals surface area (Å²) in [5.74, 6) is 5.09. The third kappa shape index (κ3) is 5.50. The molecule has 2 rings (SSSR count). The molecule has 0 N–H and O–H groups in total. The number of rotatable bonds is 13. The molecule has 0 saturated heterocycles. The first-order valence-corrected chi connectivity index (χ1v) is 11.5. The van der Waals surface area contributed by atoms with E-state index in [1.165, 1.54) is 83.5 Å². The van der Waals surface area contributed by atoms with Crippen LogP contribution in [0.4, 0.5) is 0 Å². The van der Waals surface area contributed by atoms with Crippen molar-refractivity contribution < 1.29 is 0 Å². The van der Waals surface area contributed by atoms with Crippen LogP contribution in [-0.4, -0.2) is 0 Å². The summed E-state index contributed by atoms with van der Waals surface area (Å²) in [7, 11) is 0. The second-order valence-corrected chi connectivity index (χ2v) is 9.96. The van der Waals surface area contributed by atoms with Gasteiger partial charge in [-0.05, 0) is 47.8 Å². The molecule has 2 aliphatic carbocycles. The van der Waals surface area contributed by atoms with E-state index in [0.717, 1.165) is 29.6 Å². The van der Waals surface area contributed by atoms with Crippen molar-refractivity contribution in [1.29, 1.82) is 0 Å². The SMILES string of the molecule is CCCCC(C)CCC1C(C)C1(C)CC(CCC)CCC1CCC1. The van der Waals surface area contributed by atoms with Crippen LogP contribution in [0.3, 0.4) is 0 Å². The van der Waals surface area contributed by atoms with Gasteiger partial charge in [0.15, 0.2) is 0 Å². The average Bonchev–Trinajstić information content (AvgIpc) is 3.01. The zero-order valence-electron chi connectivity index (χ0n) is 17.6. The summed E-state index contributed by atoms with van der Waals surface area (Å²) >= 11 is 0. The molecule has 0 aliphatic heterocycles. The summed E-state index contributed by atoms with van der Waals surface area (Å²) in [6, 6.07) is 0. The molecule has 0 amide bonds. The van der Waals surface area contributed by atoms with E-state index in [0.29, 0.717) is 5.41 Å². The summed E-state index contributed by atoms with van der Waals surface area (Å²) in [4.78, 5) is 0. The van der Waals surface area contributed by atoms with Crippen LogP contribution in [0.25, 0.3) is 0 Å². The van der Waals surface area contributed by atoms with Crippen LogP contribution >= 0.6 is 0 Å². The first kappa shape index (κ1) is 20.3. The maximum absolute atomic E-state index is 2.63. The first-order chi connectivity index (χ1) is 11.5. The molecule has 0 aromatic rings. The molecule has 142 valence electrons. The maximum atomic E-state index is 2.63. The zero-order chi connectivity index (χ0) is 17.6. The molecule has 0 radical (unpaired) electrons. The minimum Gasteiger partial charge on any atom is -0.0654 e. The van der Waals surface area contributed by atoms with E-state index in [4.69, 9.17) is 0 Å². The van der Waals surface area contributed by atoms with Gasteiger partial charge >= 0.3 is 0 Å². The lowest BCUT2D eigenvalue weighted by Gasteiger charge is -2.29. The molecule has 0 bridgehead atoms. The monoisotopic (exact) mass is 334 g/mol. The predicted molar refractivity (Wildman–Crippen MR) is 108 cm³/mol. The highest BCUT2D eigenvalue weighted by Gasteiger charge is 2.57. The molecule has 0 nitrogen and oxygen atoms in total. The van der Waals surface area contributed by atoms with Gasteiger partial charge in [-0.1, -0.05) is 105 Å². The predicted octanol–water partition coefficient (Wildman–Crippen LogP) is 8.25. The standard InChI is InChI=1S/C24H46/c1-6-8-11-19(3)14-17-23-20(4)24(23,5)18-22(10-7-2)16-15-21-12-9-13-21/h19-23H,6-18H2,1-5H3. The molecule has 2 aliphatic rings. The Labute approximate surface area is 153 Å². The largest absolute Gasteiger partial charge is 0.0654 e. The molecule has 0 heterocycles. The summed E-state index contributed by atoms with van der Waals surface area (Å²) < 4.78 is 0. The number of unbranched alkanes of at least 4 members (excludes halogenated alkanes) is 1. The van der Waals surface area contributed by atoms with Crippen molar-refractivity contribution in [2.24, 2.45) is 35.0 Å². The van der Waals surface area contributed by atoms with Gasteiger partial charge in [0.25, 0.3) is 0 Å². The van der Waals surface area contributed by atoms with Gasteiger partial charge in [-0.3, -0.25) is 0 Å². The van der Waals surface area contributed by atoms with Gasteiger partial charge in [0.05, 0.1) is 0 Å². The van der Waals surface area contributed by atoms with Crippen LogP contribution in [0.15, 0.2) is 0 Å². The molecular formula is C24H46. The Morgan fingerprint density at radius 3 is 2.29 bits per heavy atom. The van der Waals surface area contributed by atoms with Crippen LogP contribution < -0.4 is 0 Å². The van der Waals surface area contributed by atoms with E-state index in [-0.39, 0.29) is 0 Å². The Bertz CT molecular complexity index is 342. The maximum Gasteiger partial charge on any atom is -0.0264 e. The van der Waals surface area contributed by atoms with Crippen molar-refractivity contribution in [3.05, 3.63) is 0 Å². The van der Waals surface area contributed by atoms with Gasteiger partial charge in [0.2, 0.25) is 0 Å². The van der Waals surface area contributed by atoms with Crippen molar-refractivity contribution in [2.75, 3.05) is 0 Å². The Balaban J connectivity index is 1.73. The highest BCUT2D eigenvalue weighted by atomic mass is 14.6. The molecule has 2 fully saturated rings. The Hall–Kier alpha value is 0. The third-order valence-corrected chi connectivity index (χ3v) is 8.04. The Morgan fingerprint density at radius 1 is 0.958 bits per heavy atom. The minimum absolute atomic E-state index is 0.684. The second kappa shape index (κ2) is 9.63. The van der Waals surface area contributed by atoms with Gasteiger partial charge in [-0.25, -0.2) is 0 Å². The highest BCUT2D eigenvalue weighted by molar-refractivity contribution is 5.05. The van der Waals surface area contributed by atoms with E-state index in [2.05, 4.69) is 34.6 Å². The molecule has 0 aromatic heterocycles. The third-order valence-electron chi connectivity index (χ3n) is 8.04. The van der Waals surface area contributed by atoms with E-state index in [9.17, 15) is 0 Å². The van der Waals surface area contributed by atoms with Gasteiger partial charge < -0.3 is 0 Å². The number of hydrogen-bond acceptors (Lipinski definition) is 0. The molecule has 5 atom stereocenters. The van der Waals surface area contributed by atoms with Gasteiger partial charge in [0, 0.05) is 0 Å². The van der Waals surface area contributed by atoms with Crippen molar-refractivity contribution in [3.8, 4) is 0 Å². The Morgan fingerprint density at radius 2 is 1.71 bits per heavy atom. The van der Waals surface area contributed by atoms with Gasteiger partial charge in [-0.15, -0.1) is 0 Å². The quantitative estimate of drug-likeness (QED) is 0.318. The fraction of sp³-hybridized carbons (Fsp3) is 1.00. The van der Waals surface area contributed by atoms with Gasteiger partial charge in [-0.2, -0.15) is 0 Å². The van der Waals surface area contributed by atoms with Crippen molar-refractivity contribution in [3.63, 3.8) is 0 Å². The van der Waals surface area contributed by atoms with Crippen LogP contribution in [0.5, 0.6) is 0 Å². The van der Waals surface area contributed by atoms with Crippen LogP contribution in [-0.2, 0) is 0 Å². The lowest BCUT2D eigenvalue weighted by Crippen LogP contribution is -2.15. The summed E-state index contributed by atoms with van der Waals surface area (Å²) in [5.41, 5.74) is 0.684. The lowest BCUT2D eigenvalue weighted by atomic mass is 9.77. The van der Waals surface area contributed by atoms with Crippen LogP contribution in [0.1, 0.15) is 118 Å². The molecule has 0 heteroatoms. The topological polar surface area (TPSA) is 0 Å². The van der Waals surface area contributed by atoms with Crippen molar-refractivity contribution >= 4 is 0 Å². The van der Waals surface area contributed by atoms with Crippen LogP contribution in [0, 0.1) is 35.0 Å². The fourth-order valence-electron chi connectivity index (χ4n) is 5.62. The Kier molecular flexibility index (Phi) is 8.15. The summed E-state index contributed by atoms with van der Waals surface area (Å²) in [5, 5.41) is 0. The zero-order valence-corrected chi connectivity index (χ0v) is 17.6. The van der Waals surface area contributed by atoms with E-state index in [1.54, 1.807) is 0 Å². The van der Waals surface area contributed by atoms with Gasteiger partial charge in [0.1, 0.15) is 0 Å². The molecular weight excluding hydrogens is 288 g/mol. The highest BCUT2D eigenvalue weighted by Crippen LogP contribution is 2.64. The smallest absolute Gasteiger partial charge is 0.0264 e. The fourth-order valence-corrected chi connectivity index (χ4v) is 5.62. The lowest BCUT2D eigenvalue weighted by molar-refractivity contribution is 0.236. The molecule has 24 heavy (non-hydrogen) atoms. The normalized spacial score (nSPS) is 32.4. The minimum atomic E-state index is 0.684. The van der Waals surface area contributed by atoms with Crippen LogP contribution in [0.2, 0.25) is 0 Å². The first-order valence-electron chi connectivity index (χ1n) is 11.5. The van der Waals surface area contributed by atoms with E-state index in [1.807, 2.05) is 0 Å². The summed E-state index contributed by atoms with van der Waals surface area (Å²) in [6.45, 7) is 12.4. The molecule has 2 saturated carbocycles. The molecule has 5 unspecified atom stereocenters.